The van der Waals surface area contributed by atoms with Gasteiger partial charge < -0.3 is 15.4 Å². The van der Waals surface area contributed by atoms with Crippen molar-refractivity contribution in [3.8, 4) is 0 Å². The molecule has 0 radical (unpaired) electrons. The van der Waals surface area contributed by atoms with Crippen LogP contribution in [0.2, 0.25) is 10.0 Å². The monoisotopic (exact) mass is 408 g/mol. The van der Waals surface area contributed by atoms with Gasteiger partial charge in [0.25, 0.3) is 0 Å². The molecule has 0 aliphatic rings. The van der Waals surface area contributed by atoms with Crippen LogP contribution in [0.4, 0.5) is 14.9 Å². The first-order valence-electron chi connectivity index (χ1n) is 7.97. The first kappa shape index (κ1) is 22.3. The second kappa shape index (κ2) is 11.1. The van der Waals surface area contributed by atoms with Gasteiger partial charge >= 0.3 is 6.09 Å². The number of carbonyl (C=O) groups is 1. The Hall–Kier alpha value is -1.77. The molecule has 0 aromatic heterocycles. The molecule has 3 N–H and O–H groups in total. The molecule has 1 aromatic carbocycles. The van der Waals surface area contributed by atoms with Crippen LogP contribution in [0.1, 0.15) is 26.3 Å². The van der Waals surface area contributed by atoms with E-state index in [1.54, 1.807) is 0 Å². The molecule has 0 heterocycles. The first-order chi connectivity index (χ1) is 12.3. The second-order valence-corrected chi connectivity index (χ2v) is 6.38. The van der Waals surface area contributed by atoms with Gasteiger partial charge in [-0.1, -0.05) is 37.0 Å². The van der Waals surface area contributed by atoms with E-state index < -0.39 is 11.9 Å². The Morgan fingerprint density at radius 2 is 2.04 bits per heavy atom. The lowest BCUT2D eigenvalue weighted by Crippen LogP contribution is -2.30. The van der Waals surface area contributed by atoms with Crippen molar-refractivity contribution in [3.63, 3.8) is 0 Å². The highest BCUT2D eigenvalue weighted by atomic mass is 35.5. The lowest BCUT2D eigenvalue weighted by atomic mass is 10.2. The molecule has 0 saturated carbocycles. The summed E-state index contributed by atoms with van der Waals surface area (Å²) in [7, 11) is 1.40. The van der Waals surface area contributed by atoms with E-state index in [-0.39, 0.29) is 40.8 Å². The van der Waals surface area contributed by atoms with Crippen molar-refractivity contribution in [2.45, 2.75) is 27.3 Å². The summed E-state index contributed by atoms with van der Waals surface area (Å²) < 4.78 is 19.2. The lowest BCUT2D eigenvalue weighted by molar-refractivity contribution is 0.132. The molecule has 0 aliphatic heterocycles. The minimum atomic E-state index is -0.695. The van der Waals surface area contributed by atoms with Crippen LogP contribution in [0.5, 0.6) is 0 Å². The maximum Gasteiger partial charge on any atom is 0.407 e. The topological polar surface area (TPSA) is 84.0 Å². The van der Waals surface area contributed by atoms with Crippen LogP contribution in [-0.2, 0) is 16.1 Å². The zero-order chi connectivity index (χ0) is 19.7. The number of halogens is 3. The van der Waals surface area contributed by atoms with E-state index in [2.05, 4.69) is 21.1 Å². The predicted molar refractivity (Wildman–Crippen MR) is 101 cm³/mol. The molecule has 0 spiro atoms. The fourth-order valence-electron chi connectivity index (χ4n) is 1.83. The molecule has 0 unspecified atom stereocenters. The Morgan fingerprint density at radius 1 is 1.35 bits per heavy atom. The fraction of sp³-hybridized carbons (Fsp3) is 0.500. The number of guanidine groups is 1. The van der Waals surface area contributed by atoms with E-state index >= 15 is 0 Å². The third-order valence-electron chi connectivity index (χ3n) is 2.96. The Morgan fingerprint density at radius 3 is 2.62 bits per heavy atom. The van der Waals surface area contributed by atoms with E-state index in [9.17, 15) is 9.18 Å². The molecular weight excluding hydrogens is 386 g/mol. The number of aliphatic imine (C=N–C) groups is 1. The fourth-order valence-corrected chi connectivity index (χ4v) is 2.33. The lowest BCUT2D eigenvalue weighted by Gasteiger charge is -2.16. The van der Waals surface area contributed by atoms with Gasteiger partial charge in [0, 0.05) is 13.1 Å². The van der Waals surface area contributed by atoms with Gasteiger partial charge in [0.1, 0.15) is 10.8 Å². The third-order valence-corrected chi connectivity index (χ3v) is 3.76. The molecule has 0 aliphatic carbocycles. The van der Waals surface area contributed by atoms with E-state index in [4.69, 9.17) is 32.8 Å². The molecule has 146 valence electrons. The minimum absolute atomic E-state index is 0.0313. The molecule has 26 heavy (non-hydrogen) atoms. The standard InChI is InChI=1S/C16H23Cl2FN4O3/c1-5-20-15(23-25-4)22-14-12(17)10(6-11(19)13(14)18)7-21-16(24)26-8-9(2)3/h6,9H,5,7-8H2,1-4H3,(H,21,24)(H2,20,22,23). The van der Waals surface area contributed by atoms with Gasteiger partial charge in [0.15, 0.2) is 0 Å². The van der Waals surface area contributed by atoms with Gasteiger partial charge in [0.05, 0.1) is 24.4 Å². The van der Waals surface area contributed by atoms with Gasteiger partial charge in [-0.05, 0) is 24.5 Å². The van der Waals surface area contributed by atoms with Crippen molar-refractivity contribution >= 4 is 40.9 Å². The van der Waals surface area contributed by atoms with E-state index in [0.717, 1.165) is 6.07 Å². The van der Waals surface area contributed by atoms with Crippen molar-refractivity contribution in [1.29, 1.82) is 0 Å². The number of hydrogen-bond donors (Lipinski definition) is 3. The average molecular weight is 409 g/mol. The molecule has 1 aromatic rings. The van der Waals surface area contributed by atoms with E-state index in [1.165, 1.54) is 7.11 Å². The molecule has 7 nitrogen and oxygen atoms in total. The number of hydroxylamine groups is 1. The molecule has 1 rings (SSSR count). The number of hydrogen-bond acceptors (Lipinski definition) is 4. The number of rotatable bonds is 7. The summed E-state index contributed by atoms with van der Waals surface area (Å²) in [5.41, 5.74) is 2.95. The quantitative estimate of drug-likeness (QED) is 0.275. The smallest absolute Gasteiger partial charge is 0.407 e. The average Bonchev–Trinajstić information content (AvgIpc) is 2.59. The van der Waals surface area contributed by atoms with Crippen LogP contribution in [0.25, 0.3) is 0 Å². The van der Waals surface area contributed by atoms with Gasteiger partial charge in [-0.15, -0.1) is 0 Å². The molecule has 0 saturated heterocycles. The van der Waals surface area contributed by atoms with Crippen molar-refractivity contribution in [2.75, 3.05) is 25.6 Å². The summed E-state index contributed by atoms with van der Waals surface area (Å²) in [6, 6.07) is 1.15. The Kier molecular flexibility index (Phi) is 9.47. The van der Waals surface area contributed by atoms with Gasteiger partial charge in [-0.2, -0.15) is 0 Å². The Labute approximate surface area is 162 Å². The van der Waals surface area contributed by atoms with Gasteiger partial charge in [-0.3, -0.25) is 9.83 Å². The predicted octanol–water partition coefficient (Wildman–Crippen LogP) is 3.95. The van der Waals surface area contributed by atoms with Crippen molar-refractivity contribution < 1.29 is 18.8 Å². The number of nitrogens with one attached hydrogen (secondary N) is 3. The largest absolute Gasteiger partial charge is 0.449 e. The number of alkyl carbamates (subject to hydrolysis) is 1. The van der Waals surface area contributed by atoms with Crippen LogP contribution < -0.4 is 16.1 Å². The van der Waals surface area contributed by atoms with Gasteiger partial charge in [0.2, 0.25) is 5.96 Å². The highest BCUT2D eigenvalue weighted by Crippen LogP contribution is 2.35. The summed E-state index contributed by atoms with van der Waals surface area (Å²) in [6.45, 7) is 6.34. The van der Waals surface area contributed by atoms with Crippen LogP contribution in [0.3, 0.4) is 0 Å². The van der Waals surface area contributed by atoms with Crippen LogP contribution >= 0.6 is 23.2 Å². The van der Waals surface area contributed by atoms with Crippen molar-refractivity contribution in [1.82, 2.24) is 10.8 Å². The SMILES string of the molecule is CCN=C(NOC)Nc1c(Cl)c(F)cc(CNC(=O)OCC(C)C)c1Cl. The summed E-state index contributed by atoms with van der Waals surface area (Å²) in [5.74, 6) is -0.281. The summed E-state index contributed by atoms with van der Waals surface area (Å²) in [5, 5.41) is 5.25. The zero-order valence-corrected chi connectivity index (χ0v) is 16.6. The van der Waals surface area contributed by atoms with Crippen LogP contribution in [-0.4, -0.2) is 32.3 Å². The Bertz CT molecular complexity index is 657. The van der Waals surface area contributed by atoms with Crippen molar-refractivity contribution in [3.05, 3.63) is 27.5 Å². The number of nitrogens with zero attached hydrogens (tertiary/aromatic N) is 1. The zero-order valence-electron chi connectivity index (χ0n) is 15.1. The van der Waals surface area contributed by atoms with Crippen LogP contribution in [0.15, 0.2) is 11.1 Å². The number of benzene rings is 1. The third kappa shape index (κ3) is 6.86. The minimum Gasteiger partial charge on any atom is -0.449 e. The molecule has 1 amide bonds. The summed E-state index contributed by atoms with van der Waals surface area (Å²) in [4.78, 5) is 20.6. The summed E-state index contributed by atoms with van der Waals surface area (Å²) in [6.07, 6.45) is -0.617. The number of amides is 1. The highest BCUT2D eigenvalue weighted by molar-refractivity contribution is 6.40. The highest BCUT2D eigenvalue weighted by Gasteiger charge is 2.18. The molecule has 0 fully saturated rings. The van der Waals surface area contributed by atoms with E-state index in [0.29, 0.717) is 12.1 Å². The second-order valence-electron chi connectivity index (χ2n) is 5.62. The number of carbonyl (C=O) groups excluding carboxylic acids is 1. The molecule has 0 atom stereocenters. The van der Waals surface area contributed by atoms with E-state index in [1.807, 2.05) is 20.8 Å². The Balaban J connectivity index is 2.97. The molecular formula is C16H23Cl2FN4O3. The maximum absolute atomic E-state index is 14.2. The van der Waals surface area contributed by atoms with Gasteiger partial charge in [-0.25, -0.2) is 14.7 Å². The van der Waals surface area contributed by atoms with Crippen LogP contribution in [0, 0.1) is 11.7 Å². The number of ether oxygens (including phenoxy) is 1. The molecule has 10 heteroatoms. The maximum atomic E-state index is 14.2. The van der Waals surface area contributed by atoms with Crippen molar-refractivity contribution in [2.24, 2.45) is 10.9 Å². The summed E-state index contributed by atoms with van der Waals surface area (Å²) >= 11 is 12.3. The molecule has 0 bridgehead atoms. The normalized spacial score (nSPS) is 11.5. The number of anilines is 1. The first-order valence-corrected chi connectivity index (χ1v) is 8.73.